The highest BCUT2D eigenvalue weighted by Gasteiger charge is 2.41. The van der Waals surface area contributed by atoms with Crippen molar-refractivity contribution in [2.45, 2.75) is 18.4 Å². The topological polar surface area (TPSA) is 55.9 Å². The molecule has 0 spiro atoms. The van der Waals surface area contributed by atoms with Gasteiger partial charge < -0.3 is 15.6 Å². The molecule has 66 valence electrons. The van der Waals surface area contributed by atoms with E-state index in [1.54, 1.807) is 6.20 Å². The summed E-state index contributed by atoms with van der Waals surface area (Å²) < 4.78 is 1.97. The van der Waals surface area contributed by atoms with E-state index in [2.05, 4.69) is 10.3 Å². The predicted molar refractivity (Wildman–Crippen MR) is 47.9 cm³/mol. The largest absolute Gasteiger partial charge is 0.349 e. The van der Waals surface area contributed by atoms with Crippen molar-refractivity contribution in [3.63, 3.8) is 0 Å². The van der Waals surface area contributed by atoms with Crippen LogP contribution in [0.2, 0.25) is 0 Å². The molecule has 0 unspecified atom stereocenters. The Bertz CT molecular complexity index is 274. The molecule has 0 saturated heterocycles. The zero-order valence-electron chi connectivity index (χ0n) is 7.25. The fraction of sp³-hybridized carbons (Fsp3) is 0.625. The van der Waals surface area contributed by atoms with E-state index in [9.17, 15) is 0 Å². The molecule has 4 nitrogen and oxygen atoms in total. The van der Waals surface area contributed by atoms with Gasteiger partial charge in [0.2, 0.25) is 5.95 Å². The van der Waals surface area contributed by atoms with Crippen molar-refractivity contribution in [1.29, 1.82) is 0 Å². The average Bonchev–Trinajstić information content (AvgIpc) is 2.74. The van der Waals surface area contributed by atoms with Crippen LogP contribution in [0.25, 0.3) is 0 Å². The summed E-state index contributed by atoms with van der Waals surface area (Å²) in [7, 11) is 1.97. The highest BCUT2D eigenvalue weighted by molar-refractivity contribution is 5.34. The van der Waals surface area contributed by atoms with Crippen molar-refractivity contribution in [2.24, 2.45) is 12.8 Å². The minimum atomic E-state index is 0.152. The normalized spacial score (nSPS) is 19.2. The standard InChI is InChI=1S/C8H14N4/c1-12-5-4-10-7(12)11-8(6-9)2-3-8/h4-5H,2-3,6,9H2,1H3,(H,10,11). The third-order valence-corrected chi connectivity index (χ3v) is 2.44. The Kier molecular flexibility index (Phi) is 1.58. The number of imidazole rings is 1. The molecule has 0 amide bonds. The van der Waals surface area contributed by atoms with Crippen LogP contribution in [0.1, 0.15) is 12.8 Å². The van der Waals surface area contributed by atoms with Crippen molar-refractivity contribution in [1.82, 2.24) is 9.55 Å². The van der Waals surface area contributed by atoms with Gasteiger partial charge in [0.1, 0.15) is 0 Å². The van der Waals surface area contributed by atoms with Gasteiger partial charge in [-0.2, -0.15) is 0 Å². The molecule has 4 heteroatoms. The second kappa shape index (κ2) is 2.48. The monoisotopic (exact) mass is 166 g/mol. The van der Waals surface area contributed by atoms with Crippen LogP contribution in [0.15, 0.2) is 12.4 Å². The van der Waals surface area contributed by atoms with Gasteiger partial charge in [0, 0.05) is 26.0 Å². The van der Waals surface area contributed by atoms with Gasteiger partial charge in [0.05, 0.1) is 5.54 Å². The lowest BCUT2D eigenvalue weighted by molar-refractivity contribution is 0.719. The SMILES string of the molecule is Cn1ccnc1NC1(CN)CC1. The predicted octanol–water partition coefficient (Wildman–Crippen LogP) is 0.323. The molecule has 1 aliphatic carbocycles. The number of nitrogens with one attached hydrogen (secondary N) is 1. The lowest BCUT2D eigenvalue weighted by Gasteiger charge is -2.15. The maximum absolute atomic E-state index is 5.64. The number of nitrogens with two attached hydrogens (primary N) is 1. The van der Waals surface area contributed by atoms with Crippen LogP contribution in [0.3, 0.4) is 0 Å². The van der Waals surface area contributed by atoms with Crippen molar-refractivity contribution in [3.8, 4) is 0 Å². The molecule has 1 fully saturated rings. The van der Waals surface area contributed by atoms with Crippen LogP contribution in [0.4, 0.5) is 5.95 Å². The third kappa shape index (κ3) is 1.18. The zero-order chi connectivity index (χ0) is 8.60. The van der Waals surface area contributed by atoms with Crippen molar-refractivity contribution < 1.29 is 0 Å². The van der Waals surface area contributed by atoms with Crippen molar-refractivity contribution in [3.05, 3.63) is 12.4 Å². The summed E-state index contributed by atoms with van der Waals surface area (Å²) in [4.78, 5) is 4.19. The van der Waals surface area contributed by atoms with E-state index in [1.807, 2.05) is 17.8 Å². The summed E-state index contributed by atoms with van der Waals surface area (Å²) in [5, 5.41) is 3.35. The molecule has 1 aliphatic rings. The Labute approximate surface area is 71.8 Å². The van der Waals surface area contributed by atoms with Crippen molar-refractivity contribution >= 4 is 5.95 Å². The smallest absolute Gasteiger partial charge is 0.202 e. The number of aryl methyl sites for hydroxylation is 1. The van der Waals surface area contributed by atoms with Gasteiger partial charge in [0.15, 0.2) is 0 Å². The molecule has 0 radical (unpaired) electrons. The maximum atomic E-state index is 5.64. The summed E-state index contributed by atoms with van der Waals surface area (Å²) in [5.41, 5.74) is 5.79. The molecule has 3 N–H and O–H groups in total. The Morgan fingerprint density at radius 1 is 1.75 bits per heavy atom. The molecule has 12 heavy (non-hydrogen) atoms. The maximum Gasteiger partial charge on any atom is 0.202 e. The van der Waals surface area contributed by atoms with E-state index >= 15 is 0 Å². The number of hydrogen-bond donors (Lipinski definition) is 2. The van der Waals surface area contributed by atoms with Gasteiger partial charge >= 0.3 is 0 Å². The van der Waals surface area contributed by atoms with Gasteiger partial charge in [-0.15, -0.1) is 0 Å². The number of hydrogen-bond acceptors (Lipinski definition) is 3. The van der Waals surface area contributed by atoms with Gasteiger partial charge in [-0.1, -0.05) is 0 Å². The lowest BCUT2D eigenvalue weighted by Crippen LogP contribution is -2.31. The Balaban J connectivity index is 2.08. The first-order valence-corrected chi connectivity index (χ1v) is 4.21. The molecule has 2 rings (SSSR count). The van der Waals surface area contributed by atoms with E-state index in [1.165, 1.54) is 0 Å². The first-order chi connectivity index (χ1) is 5.76. The van der Waals surface area contributed by atoms with Crippen LogP contribution < -0.4 is 11.1 Å². The first kappa shape index (κ1) is 7.61. The average molecular weight is 166 g/mol. The lowest BCUT2D eigenvalue weighted by atomic mass is 10.3. The van der Waals surface area contributed by atoms with Gasteiger partial charge in [-0.3, -0.25) is 0 Å². The van der Waals surface area contributed by atoms with Gasteiger partial charge in [-0.05, 0) is 12.8 Å². The van der Waals surface area contributed by atoms with Crippen LogP contribution in [-0.2, 0) is 7.05 Å². The number of rotatable bonds is 3. The first-order valence-electron chi connectivity index (χ1n) is 4.21. The quantitative estimate of drug-likeness (QED) is 0.680. The van der Waals surface area contributed by atoms with Gasteiger partial charge in [0.25, 0.3) is 0 Å². The Morgan fingerprint density at radius 3 is 2.92 bits per heavy atom. The van der Waals surface area contributed by atoms with Crippen LogP contribution >= 0.6 is 0 Å². The highest BCUT2D eigenvalue weighted by Crippen LogP contribution is 2.37. The fourth-order valence-corrected chi connectivity index (χ4v) is 1.25. The Hall–Kier alpha value is -1.03. The third-order valence-electron chi connectivity index (χ3n) is 2.44. The summed E-state index contributed by atoms with van der Waals surface area (Å²) >= 11 is 0. The number of nitrogens with zero attached hydrogens (tertiary/aromatic N) is 2. The fourth-order valence-electron chi connectivity index (χ4n) is 1.25. The number of anilines is 1. The highest BCUT2D eigenvalue weighted by atomic mass is 15.2. The van der Waals surface area contributed by atoms with E-state index < -0.39 is 0 Å². The van der Waals surface area contributed by atoms with Crippen molar-refractivity contribution in [2.75, 3.05) is 11.9 Å². The Morgan fingerprint density at radius 2 is 2.50 bits per heavy atom. The molecule has 1 saturated carbocycles. The molecule has 1 aromatic heterocycles. The van der Waals surface area contributed by atoms with Gasteiger partial charge in [-0.25, -0.2) is 4.98 Å². The number of aromatic nitrogens is 2. The minimum Gasteiger partial charge on any atom is -0.349 e. The van der Waals surface area contributed by atoms with Crippen LogP contribution in [-0.4, -0.2) is 21.6 Å². The minimum absolute atomic E-state index is 0.152. The molecule has 0 atom stereocenters. The van der Waals surface area contributed by atoms with E-state index in [-0.39, 0.29) is 5.54 Å². The molecule has 1 aromatic rings. The molecule has 0 aromatic carbocycles. The molecule has 1 heterocycles. The summed E-state index contributed by atoms with van der Waals surface area (Å²) in [6.45, 7) is 0.694. The second-order valence-electron chi connectivity index (χ2n) is 3.47. The molecular weight excluding hydrogens is 152 g/mol. The summed E-state index contributed by atoms with van der Waals surface area (Å²) in [6, 6.07) is 0. The molecule has 0 bridgehead atoms. The van der Waals surface area contributed by atoms with E-state index in [0.29, 0.717) is 6.54 Å². The second-order valence-corrected chi connectivity index (χ2v) is 3.47. The van der Waals surface area contributed by atoms with E-state index in [0.717, 1.165) is 18.8 Å². The van der Waals surface area contributed by atoms with Crippen LogP contribution in [0, 0.1) is 0 Å². The summed E-state index contributed by atoms with van der Waals surface area (Å²) in [5.74, 6) is 0.915. The van der Waals surface area contributed by atoms with E-state index in [4.69, 9.17) is 5.73 Å². The van der Waals surface area contributed by atoms with Crippen LogP contribution in [0.5, 0.6) is 0 Å². The molecule has 0 aliphatic heterocycles. The summed E-state index contributed by atoms with van der Waals surface area (Å²) in [6.07, 6.45) is 6.04. The molecular formula is C8H14N4. The zero-order valence-corrected chi connectivity index (χ0v) is 7.25.